The Morgan fingerprint density at radius 3 is 2.12 bits per heavy atom. The molecule has 1 saturated heterocycles. The summed E-state index contributed by atoms with van der Waals surface area (Å²) in [7, 11) is 0. The highest BCUT2D eigenvalue weighted by atomic mass is 16.5. The van der Waals surface area contributed by atoms with E-state index < -0.39 is 0 Å². The maximum atomic E-state index is 6.81. The summed E-state index contributed by atoms with van der Waals surface area (Å²) in [4.78, 5) is 0. The topological polar surface area (TPSA) is 9.23 Å². The monoisotopic (exact) mass is 420 g/mol. The van der Waals surface area contributed by atoms with Crippen LogP contribution in [0.15, 0.2) is 66.7 Å². The molecule has 2 unspecified atom stereocenters. The molecule has 2 aliphatic carbocycles. The average Bonchev–Trinajstić information content (AvgIpc) is 3.55. The fraction of sp³-hybridized carbons (Fsp3) is 0.400. The van der Waals surface area contributed by atoms with Crippen LogP contribution in [0.25, 0.3) is 22.3 Å². The first-order valence-electron chi connectivity index (χ1n) is 12.1. The van der Waals surface area contributed by atoms with Gasteiger partial charge in [0.1, 0.15) is 0 Å². The normalized spacial score (nSPS) is 25.6. The van der Waals surface area contributed by atoms with Gasteiger partial charge in [0.15, 0.2) is 0 Å². The van der Waals surface area contributed by atoms with Crippen molar-refractivity contribution in [2.75, 3.05) is 0 Å². The minimum absolute atomic E-state index is 0.0160. The summed E-state index contributed by atoms with van der Waals surface area (Å²) in [6.45, 7) is 14.3. The Hall–Kier alpha value is -2.32. The largest absolute Gasteiger partial charge is 0.425 e. The molecule has 0 N–H and O–H groups in total. The van der Waals surface area contributed by atoms with Gasteiger partial charge in [-0.2, -0.15) is 0 Å². The van der Waals surface area contributed by atoms with Crippen LogP contribution in [0, 0.1) is 11.3 Å². The zero-order chi connectivity index (χ0) is 22.5. The van der Waals surface area contributed by atoms with Gasteiger partial charge >= 0.3 is 6.92 Å². The fourth-order valence-corrected chi connectivity index (χ4v) is 6.44. The van der Waals surface area contributed by atoms with Crippen molar-refractivity contribution in [3.05, 3.63) is 77.9 Å². The number of hydrogen-bond donors (Lipinski definition) is 0. The van der Waals surface area contributed by atoms with Crippen molar-refractivity contribution in [1.29, 1.82) is 0 Å². The van der Waals surface area contributed by atoms with E-state index in [9.17, 15) is 0 Å². The van der Waals surface area contributed by atoms with Gasteiger partial charge in [0, 0.05) is 5.41 Å². The fourth-order valence-electron chi connectivity index (χ4n) is 6.44. The lowest BCUT2D eigenvalue weighted by Gasteiger charge is -2.48. The minimum atomic E-state index is -0.114. The molecule has 32 heavy (non-hydrogen) atoms. The summed E-state index contributed by atoms with van der Waals surface area (Å²) in [5.41, 5.74) is 9.68. The molecule has 1 aliphatic heterocycles. The van der Waals surface area contributed by atoms with E-state index >= 15 is 0 Å². The van der Waals surface area contributed by atoms with E-state index in [-0.39, 0.29) is 23.3 Å². The van der Waals surface area contributed by atoms with Crippen molar-refractivity contribution in [2.45, 2.75) is 64.8 Å². The molecule has 2 atom stereocenters. The van der Waals surface area contributed by atoms with Crippen LogP contribution in [0.5, 0.6) is 0 Å². The lowest BCUT2D eigenvalue weighted by atomic mass is 9.49. The zero-order valence-electron chi connectivity index (χ0n) is 20.2. The summed E-state index contributed by atoms with van der Waals surface area (Å²) >= 11 is 0. The van der Waals surface area contributed by atoms with Crippen molar-refractivity contribution < 1.29 is 4.65 Å². The summed E-state index contributed by atoms with van der Waals surface area (Å²) in [5.74, 6) is 1.43. The number of benzene rings is 3. The van der Waals surface area contributed by atoms with Crippen LogP contribution in [-0.4, -0.2) is 12.5 Å². The average molecular weight is 420 g/mol. The lowest BCUT2D eigenvalue weighted by molar-refractivity contribution is -0.0399. The van der Waals surface area contributed by atoms with E-state index in [0.29, 0.717) is 5.82 Å². The smallest absolute Gasteiger partial charge is 0.330 e. The van der Waals surface area contributed by atoms with Gasteiger partial charge in [0.2, 0.25) is 0 Å². The lowest BCUT2D eigenvalue weighted by Crippen LogP contribution is -2.54. The molecule has 1 heterocycles. The molecule has 2 heteroatoms. The third-order valence-electron chi connectivity index (χ3n) is 9.26. The molecular formula is C30H33BO. The quantitative estimate of drug-likeness (QED) is 0.403. The Labute approximate surface area is 193 Å². The molecule has 1 saturated carbocycles. The standard InChI is InChI=1S/C30H33BO/c1-28(2)24-16-20(19-10-8-7-9-11-19)12-14-22(24)23-15-13-21(17-25(23)28)31-27-18-26(27)29(3,4)30(5,6)32-31/h7-17,26-27H,18H2,1-6H3. The van der Waals surface area contributed by atoms with Crippen molar-refractivity contribution in [2.24, 2.45) is 11.3 Å². The van der Waals surface area contributed by atoms with E-state index in [1.807, 2.05) is 0 Å². The van der Waals surface area contributed by atoms with E-state index in [2.05, 4.69) is 108 Å². The summed E-state index contributed by atoms with van der Waals surface area (Å²) in [6, 6.07) is 24.9. The second-order valence-electron chi connectivity index (χ2n) is 11.8. The molecule has 1 nitrogen and oxygen atoms in total. The highest BCUT2D eigenvalue weighted by molar-refractivity contribution is 6.70. The predicted octanol–water partition coefficient (Wildman–Crippen LogP) is 7.08. The molecule has 162 valence electrons. The maximum absolute atomic E-state index is 6.81. The molecule has 3 aromatic rings. The first kappa shape index (κ1) is 20.3. The van der Waals surface area contributed by atoms with Gasteiger partial charge in [0.05, 0.1) is 5.60 Å². The van der Waals surface area contributed by atoms with Crippen LogP contribution in [0.2, 0.25) is 5.82 Å². The van der Waals surface area contributed by atoms with E-state index in [0.717, 1.165) is 5.92 Å². The van der Waals surface area contributed by atoms with Gasteiger partial charge in [-0.15, -0.1) is 0 Å². The Bertz CT molecular complexity index is 1220. The van der Waals surface area contributed by atoms with Crippen LogP contribution in [0.3, 0.4) is 0 Å². The molecule has 2 fully saturated rings. The second kappa shape index (κ2) is 6.38. The molecule has 0 amide bonds. The molecule has 3 aliphatic rings. The summed E-state index contributed by atoms with van der Waals surface area (Å²) in [5, 5.41) is 0. The zero-order valence-corrected chi connectivity index (χ0v) is 20.2. The number of hydrogen-bond acceptors (Lipinski definition) is 1. The maximum Gasteiger partial charge on any atom is 0.330 e. The van der Waals surface area contributed by atoms with Crippen LogP contribution in [-0.2, 0) is 10.1 Å². The highest BCUT2D eigenvalue weighted by Gasteiger charge is 2.64. The second-order valence-corrected chi connectivity index (χ2v) is 11.8. The molecule has 0 bridgehead atoms. The molecule has 3 aromatic carbocycles. The van der Waals surface area contributed by atoms with Crippen LogP contribution in [0.4, 0.5) is 0 Å². The van der Waals surface area contributed by atoms with Gasteiger partial charge in [-0.3, -0.25) is 0 Å². The van der Waals surface area contributed by atoms with Crippen LogP contribution in [0.1, 0.15) is 59.1 Å². The molecule has 0 spiro atoms. The van der Waals surface area contributed by atoms with E-state index in [1.54, 1.807) is 0 Å². The molecule has 0 aromatic heterocycles. The van der Waals surface area contributed by atoms with Gasteiger partial charge in [-0.1, -0.05) is 94.8 Å². The van der Waals surface area contributed by atoms with E-state index in [1.165, 1.54) is 45.3 Å². The predicted molar refractivity (Wildman–Crippen MR) is 136 cm³/mol. The SMILES string of the molecule is CC1(C)c2cc(B3OC(C)(C)C(C)(C)C4CC34)ccc2-c2ccc(-c3ccccc3)cc21. The molecular weight excluding hydrogens is 387 g/mol. The third-order valence-corrected chi connectivity index (χ3v) is 9.26. The Morgan fingerprint density at radius 1 is 0.750 bits per heavy atom. The molecule has 0 radical (unpaired) electrons. The van der Waals surface area contributed by atoms with Crippen LogP contribution >= 0.6 is 0 Å². The first-order valence-corrected chi connectivity index (χ1v) is 12.1. The summed E-state index contributed by atoms with van der Waals surface area (Å²) < 4.78 is 6.81. The van der Waals surface area contributed by atoms with Gasteiger partial charge in [-0.05, 0) is 75.9 Å². The summed E-state index contributed by atoms with van der Waals surface area (Å²) in [6.07, 6.45) is 1.29. The highest BCUT2D eigenvalue weighted by Crippen LogP contribution is 2.65. The van der Waals surface area contributed by atoms with Crippen molar-refractivity contribution >= 4 is 12.4 Å². The van der Waals surface area contributed by atoms with Gasteiger partial charge in [-0.25, -0.2) is 0 Å². The number of fused-ring (bicyclic) bond motifs is 4. The van der Waals surface area contributed by atoms with Crippen LogP contribution < -0.4 is 5.46 Å². The molecule has 6 rings (SSSR count). The third kappa shape index (κ3) is 2.69. The first-order chi connectivity index (χ1) is 15.1. The van der Waals surface area contributed by atoms with Gasteiger partial charge in [0.25, 0.3) is 0 Å². The Kier molecular flexibility index (Phi) is 4.05. The van der Waals surface area contributed by atoms with Crippen molar-refractivity contribution in [1.82, 2.24) is 0 Å². The Balaban J connectivity index is 1.40. The van der Waals surface area contributed by atoms with Crippen molar-refractivity contribution in [3.8, 4) is 22.3 Å². The number of rotatable bonds is 2. The van der Waals surface area contributed by atoms with Crippen molar-refractivity contribution in [3.63, 3.8) is 0 Å². The van der Waals surface area contributed by atoms with E-state index in [4.69, 9.17) is 4.65 Å². The Morgan fingerprint density at radius 2 is 1.41 bits per heavy atom. The van der Waals surface area contributed by atoms with Gasteiger partial charge < -0.3 is 4.65 Å². The minimum Gasteiger partial charge on any atom is -0.425 e.